The summed E-state index contributed by atoms with van der Waals surface area (Å²) in [7, 11) is 0. The van der Waals surface area contributed by atoms with Crippen LogP contribution in [0.5, 0.6) is 0 Å². The molecule has 1 aliphatic rings. The molecule has 0 aromatic carbocycles. The Morgan fingerprint density at radius 3 is 2.75 bits per heavy atom. The number of rotatable bonds is 1. The molecule has 0 aliphatic carbocycles. The Labute approximate surface area is 101 Å². The van der Waals surface area contributed by atoms with Gasteiger partial charge in [0.2, 0.25) is 0 Å². The summed E-state index contributed by atoms with van der Waals surface area (Å²) in [5.41, 5.74) is 0. The third kappa shape index (κ3) is 2.17. The molecule has 0 radical (unpaired) electrons. The second-order valence-corrected chi connectivity index (χ2v) is 13.4. The molecule has 1 aliphatic heterocycles. The van der Waals surface area contributed by atoms with Crippen molar-refractivity contribution < 1.29 is 0 Å². The van der Waals surface area contributed by atoms with Crippen molar-refractivity contribution in [3.8, 4) is 0 Å². The summed E-state index contributed by atoms with van der Waals surface area (Å²) in [6, 6.07) is 4.43. The van der Waals surface area contributed by atoms with Gasteiger partial charge in [0.25, 0.3) is 0 Å². The van der Waals surface area contributed by atoms with Gasteiger partial charge in [-0.3, -0.25) is 0 Å². The first-order chi connectivity index (χ1) is 5.67. The van der Waals surface area contributed by atoms with Crippen molar-refractivity contribution >= 4 is 65.8 Å². The zero-order valence-electron chi connectivity index (χ0n) is 6.09. The first-order valence-electron chi connectivity index (χ1n) is 3.48. The van der Waals surface area contributed by atoms with Crippen molar-refractivity contribution in [2.75, 3.05) is 0 Å². The number of hydrogen-bond donors (Lipinski definition) is 0. The Bertz CT molecular complexity index is 301. The van der Waals surface area contributed by atoms with Crippen LogP contribution in [0, 0.1) is 0 Å². The fourth-order valence-corrected chi connectivity index (χ4v) is 7.25. The van der Waals surface area contributed by atoms with Crippen LogP contribution in [-0.2, 0) is 0 Å². The topological polar surface area (TPSA) is 0 Å². The molecule has 2 rings (SSSR count). The Kier molecular flexibility index (Phi) is 3.06. The van der Waals surface area contributed by atoms with Gasteiger partial charge in [0.15, 0.2) is 0 Å². The summed E-state index contributed by atoms with van der Waals surface area (Å²) in [5.74, 6) is 0. The standard InChI is InChI=1S/C8H6Br2Se2/c9-8(10)4-3-7(12-8)6-2-1-5-11-6/h1-3,5H,4H2. The number of alkyl halides is 2. The minimum atomic E-state index is 0.210. The van der Waals surface area contributed by atoms with Crippen LogP contribution in [0.1, 0.15) is 10.9 Å². The van der Waals surface area contributed by atoms with E-state index in [-0.39, 0.29) is 2.13 Å². The van der Waals surface area contributed by atoms with Crippen molar-refractivity contribution in [3.05, 3.63) is 27.6 Å². The molecule has 0 atom stereocenters. The number of halogens is 2. The average Bonchev–Trinajstić information content (AvgIpc) is 2.55. The predicted molar refractivity (Wildman–Crippen MR) is 62.3 cm³/mol. The first kappa shape index (κ1) is 9.76. The zero-order chi connectivity index (χ0) is 8.60. The predicted octanol–water partition coefficient (Wildman–Crippen LogP) is 2.64. The van der Waals surface area contributed by atoms with Crippen LogP contribution in [-0.4, -0.2) is 31.6 Å². The molecule has 4 heteroatoms. The van der Waals surface area contributed by atoms with Crippen molar-refractivity contribution in [2.45, 2.75) is 8.55 Å². The summed E-state index contributed by atoms with van der Waals surface area (Å²) in [6.45, 7) is 0. The van der Waals surface area contributed by atoms with Gasteiger partial charge < -0.3 is 0 Å². The second-order valence-electron chi connectivity index (χ2n) is 2.49. The van der Waals surface area contributed by atoms with Gasteiger partial charge in [-0.2, -0.15) is 0 Å². The van der Waals surface area contributed by atoms with Crippen molar-refractivity contribution in [3.63, 3.8) is 0 Å². The van der Waals surface area contributed by atoms with E-state index in [1.54, 1.807) is 8.91 Å². The normalized spacial score (nSPS) is 21.0. The van der Waals surface area contributed by atoms with Crippen LogP contribution < -0.4 is 0 Å². The molecule has 0 N–H and O–H groups in total. The monoisotopic (exact) mass is 420 g/mol. The summed E-state index contributed by atoms with van der Waals surface area (Å²) < 4.78 is 3.37. The van der Waals surface area contributed by atoms with Gasteiger partial charge in [-0.1, -0.05) is 0 Å². The van der Waals surface area contributed by atoms with Crippen molar-refractivity contribution in [1.82, 2.24) is 0 Å². The second kappa shape index (κ2) is 3.76. The van der Waals surface area contributed by atoms with Crippen LogP contribution in [0.4, 0.5) is 0 Å². The molecule has 0 saturated heterocycles. The van der Waals surface area contributed by atoms with E-state index in [0.29, 0.717) is 29.5 Å². The van der Waals surface area contributed by atoms with Gasteiger partial charge in [-0.05, 0) is 0 Å². The molecule has 0 saturated carbocycles. The molecule has 64 valence electrons. The summed E-state index contributed by atoms with van der Waals surface area (Å²) in [6.07, 6.45) is 3.49. The fourth-order valence-electron chi connectivity index (χ4n) is 1.03. The summed E-state index contributed by atoms with van der Waals surface area (Å²) >= 11 is 8.52. The molecule has 0 unspecified atom stereocenters. The molecule has 12 heavy (non-hydrogen) atoms. The van der Waals surface area contributed by atoms with E-state index < -0.39 is 0 Å². The van der Waals surface area contributed by atoms with E-state index in [9.17, 15) is 0 Å². The molecular weight excluding hydrogens is 414 g/mol. The molecule has 0 bridgehead atoms. The van der Waals surface area contributed by atoms with Gasteiger partial charge in [0, 0.05) is 0 Å². The molecule has 0 fully saturated rings. The van der Waals surface area contributed by atoms with E-state index in [0.717, 1.165) is 6.42 Å². The third-order valence-corrected chi connectivity index (χ3v) is 8.68. The van der Waals surface area contributed by atoms with Crippen LogP contribution >= 0.6 is 31.9 Å². The number of hydrogen-bond acceptors (Lipinski definition) is 0. The molecule has 0 spiro atoms. The maximum atomic E-state index is 3.68. The molecule has 1 aromatic rings. The maximum absolute atomic E-state index is 3.68. The van der Waals surface area contributed by atoms with Crippen LogP contribution in [0.3, 0.4) is 0 Å². The molecule has 0 amide bonds. The molecule has 2 heterocycles. The Morgan fingerprint density at radius 1 is 1.42 bits per heavy atom. The van der Waals surface area contributed by atoms with Crippen LogP contribution in [0.25, 0.3) is 4.47 Å². The summed E-state index contributed by atoms with van der Waals surface area (Å²) in [5, 5.41) is 0. The van der Waals surface area contributed by atoms with Gasteiger partial charge in [-0.15, -0.1) is 0 Å². The molecule has 1 aromatic heterocycles. The Balaban J connectivity index is 2.20. The zero-order valence-corrected chi connectivity index (χ0v) is 12.7. The molecular formula is C8H6Br2Se2. The molecule has 0 nitrogen and oxygen atoms in total. The summed E-state index contributed by atoms with van der Waals surface area (Å²) in [4.78, 5) is 2.28. The number of allylic oxidation sites excluding steroid dienone is 1. The van der Waals surface area contributed by atoms with Gasteiger partial charge in [0.05, 0.1) is 0 Å². The fraction of sp³-hybridized carbons (Fsp3) is 0.250. The van der Waals surface area contributed by atoms with Crippen LogP contribution in [0.2, 0.25) is 0 Å². The van der Waals surface area contributed by atoms with Gasteiger partial charge >= 0.3 is 102 Å². The Morgan fingerprint density at radius 2 is 2.25 bits per heavy atom. The van der Waals surface area contributed by atoms with E-state index >= 15 is 0 Å². The van der Waals surface area contributed by atoms with Crippen LogP contribution in [0.15, 0.2) is 23.1 Å². The van der Waals surface area contributed by atoms with Gasteiger partial charge in [0.1, 0.15) is 0 Å². The third-order valence-electron chi connectivity index (χ3n) is 1.55. The van der Waals surface area contributed by atoms with Gasteiger partial charge in [-0.25, -0.2) is 0 Å². The van der Waals surface area contributed by atoms with E-state index in [1.807, 2.05) is 0 Å². The van der Waals surface area contributed by atoms with E-state index in [2.05, 4.69) is 55.0 Å². The first-order valence-corrected chi connectivity index (χ1v) is 8.63. The Hall–Kier alpha value is 1.22. The SMILES string of the molecule is BrC1(Br)CC=C(c2ccc[se]2)[Se]1. The van der Waals surface area contributed by atoms with Crippen molar-refractivity contribution in [2.24, 2.45) is 0 Å². The average molecular weight is 420 g/mol. The van der Waals surface area contributed by atoms with Crippen molar-refractivity contribution in [1.29, 1.82) is 0 Å². The minimum absolute atomic E-state index is 0.210. The van der Waals surface area contributed by atoms with E-state index in [4.69, 9.17) is 0 Å². The van der Waals surface area contributed by atoms with E-state index in [1.165, 1.54) is 0 Å². The quantitative estimate of drug-likeness (QED) is 0.485.